The highest BCUT2D eigenvalue weighted by Gasteiger charge is 2.22. The molecule has 0 spiro atoms. The summed E-state index contributed by atoms with van der Waals surface area (Å²) in [5, 5.41) is 2.71. The molecule has 0 heterocycles. The molecule has 0 aliphatic carbocycles. The molecule has 1 amide bonds. The average Bonchev–Trinajstić information content (AvgIpc) is 2.58. The summed E-state index contributed by atoms with van der Waals surface area (Å²) in [5.74, 6) is 0.391. The van der Waals surface area contributed by atoms with Gasteiger partial charge >= 0.3 is 0 Å². The third-order valence-electron chi connectivity index (χ3n) is 3.64. The predicted molar refractivity (Wildman–Crippen MR) is 102 cm³/mol. The van der Waals surface area contributed by atoms with E-state index in [-0.39, 0.29) is 6.54 Å². The van der Waals surface area contributed by atoms with Crippen LogP contribution in [0.4, 0.5) is 11.4 Å². The fourth-order valence-corrected chi connectivity index (χ4v) is 3.28. The topological polar surface area (TPSA) is 84.9 Å². The molecule has 0 saturated heterocycles. The molecule has 8 heteroatoms. The zero-order valence-corrected chi connectivity index (χ0v) is 16.0. The summed E-state index contributed by atoms with van der Waals surface area (Å²) in [6.45, 7) is 1.55. The van der Waals surface area contributed by atoms with E-state index in [0.717, 1.165) is 16.1 Å². The van der Waals surface area contributed by atoms with E-state index in [9.17, 15) is 13.2 Å². The van der Waals surface area contributed by atoms with Crippen molar-refractivity contribution < 1.29 is 22.7 Å². The molecular weight excluding hydrogens is 356 g/mol. The first-order valence-corrected chi connectivity index (χ1v) is 9.65. The number of sulfonamides is 1. The highest BCUT2D eigenvalue weighted by molar-refractivity contribution is 7.92. The number of aryl methyl sites for hydroxylation is 1. The molecule has 0 saturated carbocycles. The van der Waals surface area contributed by atoms with Gasteiger partial charge in [-0.2, -0.15) is 0 Å². The van der Waals surface area contributed by atoms with Crippen molar-refractivity contribution in [3.63, 3.8) is 0 Å². The minimum atomic E-state index is -3.68. The third kappa shape index (κ3) is 4.89. The van der Waals surface area contributed by atoms with E-state index in [1.54, 1.807) is 24.3 Å². The number of nitrogens with zero attached hydrogens (tertiary/aromatic N) is 1. The summed E-state index contributed by atoms with van der Waals surface area (Å²) in [5.41, 5.74) is 1.91. The van der Waals surface area contributed by atoms with E-state index >= 15 is 0 Å². The fraction of sp³-hybridized carbons (Fsp3) is 0.278. The van der Waals surface area contributed by atoms with Gasteiger partial charge in [-0.25, -0.2) is 8.42 Å². The lowest BCUT2D eigenvalue weighted by Gasteiger charge is -2.23. The Morgan fingerprint density at radius 3 is 2.35 bits per heavy atom. The van der Waals surface area contributed by atoms with Gasteiger partial charge in [0.15, 0.2) is 11.5 Å². The van der Waals surface area contributed by atoms with Crippen molar-refractivity contribution in [3.8, 4) is 11.5 Å². The molecule has 0 atom stereocenters. The molecule has 2 aromatic carbocycles. The molecular formula is C18H22N2O5S. The minimum Gasteiger partial charge on any atom is -0.493 e. The van der Waals surface area contributed by atoms with Crippen molar-refractivity contribution in [2.75, 3.05) is 36.6 Å². The summed E-state index contributed by atoms with van der Waals surface area (Å²) < 4.78 is 35.8. The summed E-state index contributed by atoms with van der Waals surface area (Å²) in [4.78, 5) is 12.4. The van der Waals surface area contributed by atoms with Crippen LogP contribution in [0.15, 0.2) is 42.5 Å². The summed E-state index contributed by atoms with van der Waals surface area (Å²) in [6, 6.07) is 11.9. The molecule has 2 aromatic rings. The second-order valence-electron chi connectivity index (χ2n) is 5.73. The molecule has 0 aromatic heterocycles. The lowest BCUT2D eigenvalue weighted by molar-refractivity contribution is -0.114. The van der Waals surface area contributed by atoms with E-state index in [2.05, 4.69) is 5.32 Å². The highest BCUT2D eigenvalue weighted by Crippen LogP contribution is 2.32. The number of methoxy groups -OCH3 is 2. The normalized spacial score (nSPS) is 10.9. The SMILES string of the molecule is COc1ccc(N(CC(=O)Nc2cccc(C)c2)S(C)(=O)=O)cc1OC. The van der Waals surface area contributed by atoms with Gasteiger partial charge in [-0.3, -0.25) is 9.10 Å². The molecule has 0 aliphatic heterocycles. The maximum absolute atomic E-state index is 12.4. The number of hydrogen-bond donors (Lipinski definition) is 1. The first kappa shape index (κ1) is 19.6. The number of ether oxygens (including phenoxy) is 2. The van der Waals surface area contributed by atoms with Crippen molar-refractivity contribution in [2.45, 2.75) is 6.92 Å². The van der Waals surface area contributed by atoms with Gasteiger partial charge in [0.2, 0.25) is 15.9 Å². The quantitative estimate of drug-likeness (QED) is 0.800. The van der Waals surface area contributed by atoms with Crippen LogP contribution in [0.2, 0.25) is 0 Å². The number of nitrogens with one attached hydrogen (secondary N) is 1. The Balaban J connectivity index is 2.27. The lowest BCUT2D eigenvalue weighted by Crippen LogP contribution is -2.37. The smallest absolute Gasteiger partial charge is 0.245 e. The average molecular weight is 378 g/mol. The molecule has 0 aliphatic rings. The van der Waals surface area contributed by atoms with E-state index in [1.807, 2.05) is 19.1 Å². The van der Waals surface area contributed by atoms with Crippen LogP contribution in [0.3, 0.4) is 0 Å². The molecule has 0 fully saturated rings. The first-order valence-electron chi connectivity index (χ1n) is 7.81. The second-order valence-corrected chi connectivity index (χ2v) is 7.63. The van der Waals surface area contributed by atoms with Crippen LogP contribution < -0.4 is 19.1 Å². The number of carbonyl (C=O) groups excluding carboxylic acids is 1. The maximum atomic E-state index is 12.4. The standard InChI is InChI=1S/C18H22N2O5S/c1-13-6-5-7-14(10-13)19-18(21)12-20(26(4,22)23)15-8-9-16(24-2)17(11-15)25-3/h5-11H,12H2,1-4H3,(H,19,21). The Hall–Kier alpha value is -2.74. The number of carbonyl (C=O) groups is 1. The van der Waals surface area contributed by atoms with Crippen LogP contribution in [-0.2, 0) is 14.8 Å². The van der Waals surface area contributed by atoms with E-state index in [4.69, 9.17) is 9.47 Å². The molecule has 0 unspecified atom stereocenters. The Bertz CT molecular complexity index is 896. The van der Waals surface area contributed by atoms with Crippen molar-refractivity contribution in [2.24, 2.45) is 0 Å². The van der Waals surface area contributed by atoms with Gasteiger partial charge in [0.05, 0.1) is 26.2 Å². The zero-order valence-electron chi connectivity index (χ0n) is 15.1. The minimum absolute atomic E-state index is 0.310. The second kappa shape index (κ2) is 8.09. The molecule has 2 rings (SSSR count). The molecule has 7 nitrogen and oxygen atoms in total. The van der Waals surface area contributed by atoms with Crippen LogP contribution in [0.1, 0.15) is 5.56 Å². The highest BCUT2D eigenvalue weighted by atomic mass is 32.2. The van der Waals surface area contributed by atoms with Gasteiger partial charge in [0.1, 0.15) is 6.54 Å². The molecule has 0 bridgehead atoms. The summed E-state index contributed by atoms with van der Waals surface area (Å²) in [7, 11) is -0.739. The number of hydrogen-bond acceptors (Lipinski definition) is 5. The number of benzene rings is 2. The van der Waals surface area contributed by atoms with Crippen LogP contribution in [0, 0.1) is 6.92 Å². The fourth-order valence-electron chi connectivity index (χ4n) is 2.43. The summed E-state index contributed by atoms with van der Waals surface area (Å²) >= 11 is 0. The molecule has 140 valence electrons. The van der Waals surface area contributed by atoms with Crippen LogP contribution in [0.25, 0.3) is 0 Å². The van der Waals surface area contributed by atoms with Gasteiger partial charge in [-0.05, 0) is 36.8 Å². The monoisotopic (exact) mass is 378 g/mol. The van der Waals surface area contributed by atoms with Crippen LogP contribution >= 0.6 is 0 Å². The molecule has 26 heavy (non-hydrogen) atoms. The zero-order chi connectivity index (χ0) is 19.3. The number of amides is 1. The predicted octanol–water partition coefficient (Wildman–Crippen LogP) is 2.42. The third-order valence-corrected chi connectivity index (χ3v) is 4.79. The first-order chi connectivity index (χ1) is 12.2. The van der Waals surface area contributed by atoms with Crippen molar-refractivity contribution in [3.05, 3.63) is 48.0 Å². The maximum Gasteiger partial charge on any atom is 0.245 e. The van der Waals surface area contributed by atoms with E-state index < -0.39 is 15.9 Å². The van der Waals surface area contributed by atoms with Gasteiger partial charge in [0, 0.05) is 11.8 Å². The van der Waals surface area contributed by atoms with Crippen molar-refractivity contribution in [1.82, 2.24) is 0 Å². The molecule has 0 radical (unpaired) electrons. The van der Waals surface area contributed by atoms with Gasteiger partial charge in [-0.1, -0.05) is 12.1 Å². The Labute approximate surface area is 153 Å². The summed E-state index contributed by atoms with van der Waals surface area (Å²) in [6.07, 6.45) is 1.05. The number of rotatable bonds is 7. The van der Waals surface area contributed by atoms with E-state index in [0.29, 0.717) is 22.9 Å². The van der Waals surface area contributed by atoms with Crippen LogP contribution in [-0.4, -0.2) is 41.3 Å². The van der Waals surface area contributed by atoms with Gasteiger partial charge < -0.3 is 14.8 Å². The number of anilines is 2. The Morgan fingerprint density at radius 1 is 1.08 bits per heavy atom. The lowest BCUT2D eigenvalue weighted by atomic mass is 10.2. The van der Waals surface area contributed by atoms with Crippen molar-refractivity contribution in [1.29, 1.82) is 0 Å². The largest absolute Gasteiger partial charge is 0.493 e. The Kier molecular flexibility index (Phi) is 6.10. The van der Waals surface area contributed by atoms with Gasteiger partial charge in [-0.15, -0.1) is 0 Å². The van der Waals surface area contributed by atoms with Crippen molar-refractivity contribution >= 4 is 27.3 Å². The Morgan fingerprint density at radius 2 is 1.77 bits per heavy atom. The van der Waals surface area contributed by atoms with E-state index in [1.165, 1.54) is 20.3 Å². The molecule has 1 N–H and O–H groups in total. The van der Waals surface area contributed by atoms with Crippen LogP contribution in [0.5, 0.6) is 11.5 Å². The van der Waals surface area contributed by atoms with Gasteiger partial charge in [0.25, 0.3) is 0 Å².